The predicted octanol–water partition coefficient (Wildman–Crippen LogP) is 2.30. The van der Waals surface area contributed by atoms with Gasteiger partial charge in [0.1, 0.15) is 6.61 Å². The molecule has 0 spiro atoms. The lowest BCUT2D eigenvalue weighted by Crippen LogP contribution is -2.12. The lowest BCUT2D eigenvalue weighted by atomic mass is 10.3. The van der Waals surface area contributed by atoms with Crippen LogP contribution in [0, 0.1) is 0 Å². The third-order valence-corrected chi connectivity index (χ3v) is 1.25. The molecule has 64 valence electrons. The summed E-state index contributed by atoms with van der Waals surface area (Å²) in [6.07, 6.45) is 1.77. The van der Waals surface area contributed by atoms with Gasteiger partial charge < -0.3 is 4.74 Å². The molecule has 11 heavy (non-hydrogen) atoms. The van der Waals surface area contributed by atoms with Gasteiger partial charge in [-0.25, -0.2) is 4.79 Å². The number of rotatable bonds is 3. The number of carbonyl (C=O) groups excluding carboxylic acids is 1. The molecule has 0 atom stereocenters. The van der Waals surface area contributed by atoms with E-state index in [0.717, 1.165) is 5.57 Å². The number of carbonyl (C=O) groups is 1. The van der Waals surface area contributed by atoms with Crippen LogP contribution in [0.25, 0.3) is 0 Å². The molecule has 0 radical (unpaired) electrons. The Balaban J connectivity index is 3.56. The fraction of sp³-hybridized carbons (Fsp3) is 0.571. The third kappa shape index (κ3) is 6.20. The zero-order valence-electron chi connectivity index (χ0n) is 6.43. The molecule has 0 aromatic heterocycles. The topological polar surface area (TPSA) is 26.3 Å². The van der Waals surface area contributed by atoms with Gasteiger partial charge >= 0.3 is 5.97 Å². The molecule has 0 saturated carbocycles. The molecule has 0 aromatic rings. The summed E-state index contributed by atoms with van der Waals surface area (Å²) in [5, 5.41) is 0. The lowest BCUT2D eigenvalue weighted by Gasteiger charge is -2.00. The van der Waals surface area contributed by atoms with Crippen molar-refractivity contribution in [1.29, 1.82) is 0 Å². The van der Waals surface area contributed by atoms with Crippen LogP contribution < -0.4 is 0 Å². The van der Waals surface area contributed by atoms with E-state index in [2.05, 4.69) is 4.74 Å². The van der Waals surface area contributed by atoms with Crippen molar-refractivity contribution >= 4 is 29.2 Å². The minimum absolute atomic E-state index is 0.233. The number of allylic oxidation sites excluding steroid dienone is 1. The molecule has 0 fully saturated rings. The van der Waals surface area contributed by atoms with Gasteiger partial charge in [-0.15, -0.1) is 0 Å². The van der Waals surface area contributed by atoms with Crippen molar-refractivity contribution in [3.8, 4) is 0 Å². The molecule has 0 rings (SSSR count). The van der Waals surface area contributed by atoms with Crippen LogP contribution in [-0.2, 0) is 9.53 Å². The first-order chi connectivity index (χ1) is 5.04. The minimum Gasteiger partial charge on any atom is -0.459 e. The highest BCUT2D eigenvalue weighted by molar-refractivity contribution is 6.52. The van der Waals surface area contributed by atoms with E-state index < -0.39 is 10.8 Å². The van der Waals surface area contributed by atoms with Crippen LogP contribution in [0.3, 0.4) is 0 Å². The zero-order valence-corrected chi connectivity index (χ0v) is 7.95. The molecule has 0 aliphatic heterocycles. The Morgan fingerprint density at radius 2 is 2.09 bits per heavy atom. The lowest BCUT2D eigenvalue weighted by molar-refractivity contribution is -0.140. The fourth-order valence-corrected chi connectivity index (χ4v) is 0.479. The highest BCUT2D eigenvalue weighted by Gasteiger charge is 2.11. The minimum atomic E-state index is -1.08. The second kappa shape index (κ2) is 5.44. The highest BCUT2D eigenvalue weighted by Crippen LogP contribution is 2.03. The van der Waals surface area contributed by atoms with E-state index in [1.165, 1.54) is 0 Å². The van der Waals surface area contributed by atoms with E-state index in [-0.39, 0.29) is 6.61 Å². The van der Waals surface area contributed by atoms with Gasteiger partial charge in [-0.1, -0.05) is 28.8 Å². The molecule has 0 amide bonds. The maximum atomic E-state index is 10.6. The van der Waals surface area contributed by atoms with E-state index in [9.17, 15) is 4.79 Å². The molecule has 0 N–H and O–H groups in total. The SMILES string of the molecule is CC(C)=CCOC(=O)C(Cl)Cl. The van der Waals surface area contributed by atoms with Crippen LogP contribution in [0.15, 0.2) is 11.6 Å². The second-order valence-corrected chi connectivity index (χ2v) is 3.31. The molecule has 0 bridgehead atoms. The molecular formula is C7H10Cl2O2. The van der Waals surface area contributed by atoms with Crippen LogP contribution in [0.5, 0.6) is 0 Å². The Morgan fingerprint density at radius 1 is 1.55 bits per heavy atom. The summed E-state index contributed by atoms with van der Waals surface area (Å²) in [5.41, 5.74) is 1.08. The molecule has 0 unspecified atom stereocenters. The van der Waals surface area contributed by atoms with Gasteiger partial charge in [-0.05, 0) is 19.9 Å². The predicted molar refractivity (Wildman–Crippen MR) is 45.9 cm³/mol. The number of ether oxygens (including phenoxy) is 1. The Labute approximate surface area is 76.1 Å². The number of hydrogen-bond acceptors (Lipinski definition) is 2. The van der Waals surface area contributed by atoms with Gasteiger partial charge in [-0.3, -0.25) is 0 Å². The standard InChI is InChI=1S/C7H10Cl2O2/c1-5(2)3-4-11-7(10)6(8)9/h3,6H,4H2,1-2H3. The van der Waals surface area contributed by atoms with E-state index in [4.69, 9.17) is 23.2 Å². The summed E-state index contributed by atoms with van der Waals surface area (Å²) in [5.74, 6) is -0.606. The summed E-state index contributed by atoms with van der Waals surface area (Å²) in [6.45, 7) is 4.05. The van der Waals surface area contributed by atoms with Crippen molar-refractivity contribution in [2.75, 3.05) is 6.61 Å². The largest absolute Gasteiger partial charge is 0.459 e. The van der Waals surface area contributed by atoms with Gasteiger partial charge in [0.15, 0.2) is 0 Å². The Morgan fingerprint density at radius 3 is 2.45 bits per heavy atom. The molecule has 0 saturated heterocycles. The highest BCUT2D eigenvalue weighted by atomic mass is 35.5. The molecule has 0 heterocycles. The Kier molecular flexibility index (Phi) is 5.34. The van der Waals surface area contributed by atoms with Gasteiger partial charge in [0.25, 0.3) is 0 Å². The van der Waals surface area contributed by atoms with Gasteiger partial charge in [-0.2, -0.15) is 0 Å². The van der Waals surface area contributed by atoms with Gasteiger partial charge in [0.2, 0.25) is 4.84 Å². The molecular weight excluding hydrogens is 187 g/mol. The van der Waals surface area contributed by atoms with Crippen LogP contribution in [0.2, 0.25) is 0 Å². The summed E-state index contributed by atoms with van der Waals surface area (Å²) in [7, 11) is 0. The van der Waals surface area contributed by atoms with Gasteiger partial charge in [0, 0.05) is 0 Å². The quantitative estimate of drug-likeness (QED) is 0.394. The van der Waals surface area contributed by atoms with Crippen molar-refractivity contribution in [1.82, 2.24) is 0 Å². The van der Waals surface area contributed by atoms with Crippen molar-refractivity contribution in [3.63, 3.8) is 0 Å². The normalized spacial score (nSPS) is 9.55. The van der Waals surface area contributed by atoms with Crippen LogP contribution in [0.1, 0.15) is 13.8 Å². The zero-order chi connectivity index (χ0) is 8.85. The van der Waals surface area contributed by atoms with E-state index >= 15 is 0 Å². The molecule has 0 aromatic carbocycles. The first-order valence-corrected chi connectivity index (χ1v) is 3.99. The molecule has 0 aliphatic rings. The maximum Gasteiger partial charge on any atom is 0.339 e. The van der Waals surface area contributed by atoms with E-state index in [1.807, 2.05) is 13.8 Å². The smallest absolute Gasteiger partial charge is 0.339 e. The van der Waals surface area contributed by atoms with Crippen LogP contribution in [0.4, 0.5) is 0 Å². The number of halogens is 2. The van der Waals surface area contributed by atoms with Gasteiger partial charge in [0.05, 0.1) is 0 Å². The number of esters is 1. The number of hydrogen-bond donors (Lipinski definition) is 0. The molecule has 2 nitrogen and oxygen atoms in total. The van der Waals surface area contributed by atoms with Crippen molar-refractivity contribution in [2.24, 2.45) is 0 Å². The monoisotopic (exact) mass is 196 g/mol. The van der Waals surface area contributed by atoms with Crippen LogP contribution >= 0.6 is 23.2 Å². The van der Waals surface area contributed by atoms with Crippen LogP contribution in [-0.4, -0.2) is 17.4 Å². The maximum absolute atomic E-state index is 10.6. The first-order valence-electron chi connectivity index (χ1n) is 3.12. The van der Waals surface area contributed by atoms with Crippen molar-refractivity contribution in [2.45, 2.75) is 18.7 Å². The third-order valence-electron chi connectivity index (χ3n) is 0.895. The van der Waals surface area contributed by atoms with Crippen molar-refractivity contribution < 1.29 is 9.53 Å². The van der Waals surface area contributed by atoms with E-state index in [0.29, 0.717) is 0 Å². The van der Waals surface area contributed by atoms with E-state index in [1.54, 1.807) is 6.08 Å². The molecule has 0 aliphatic carbocycles. The fourth-order valence-electron chi connectivity index (χ4n) is 0.353. The summed E-state index contributed by atoms with van der Waals surface area (Å²) >= 11 is 10.4. The molecule has 4 heteroatoms. The first kappa shape index (κ1) is 10.8. The van der Waals surface area contributed by atoms with Crippen molar-refractivity contribution in [3.05, 3.63) is 11.6 Å². The Hall–Kier alpha value is -0.210. The average molecular weight is 197 g/mol. The summed E-state index contributed by atoms with van der Waals surface area (Å²) < 4.78 is 4.64. The number of alkyl halides is 2. The average Bonchev–Trinajstić information content (AvgIpc) is 1.86. The summed E-state index contributed by atoms with van der Waals surface area (Å²) in [6, 6.07) is 0. The Bertz CT molecular complexity index is 160. The second-order valence-electron chi connectivity index (χ2n) is 2.21. The summed E-state index contributed by atoms with van der Waals surface area (Å²) in [4.78, 5) is 9.53.